The zero-order valence-corrected chi connectivity index (χ0v) is 12.7. The SMILES string of the molecule is CCOc1cc(C(=O)NCCc2ccc(OC)cc2)ncn1. The lowest BCUT2D eigenvalue weighted by Crippen LogP contribution is -2.26. The standard InChI is InChI=1S/C16H19N3O3/c1-3-22-15-10-14(18-11-19-15)16(20)17-9-8-12-4-6-13(21-2)7-5-12/h4-7,10-11H,3,8-9H2,1-2H3,(H,17,20). The molecule has 0 atom stereocenters. The maximum absolute atomic E-state index is 12.0. The van der Waals surface area contributed by atoms with Crippen LogP contribution < -0.4 is 14.8 Å². The van der Waals surface area contributed by atoms with Gasteiger partial charge in [-0.25, -0.2) is 9.97 Å². The first-order valence-corrected chi connectivity index (χ1v) is 7.09. The molecular weight excluding hydrogens is 282 g/mol. The Labute approximate surface area is 129 Å². The van der Waals surface area contributed by atoms with Gasteiger partial charge in [-0.2, -0.15) is 0 Å². The quantitative estimate of drug-likeness (QED) is 0.845. The minimum absolute atomic E-state index is 0.239. The van der Waals surface area contributed by atoms with E-state index in [1.807, 2.05) is 31.2 Å². The summed E-state index contributed by atoms with van der Waals surface area (Å²) in [5.74, 6) is 0.979. The van der Waals surface area contributed by atoms with Gasteiger partial charge in [0.1, 0.15) is 17.8 Å². The Morgan fingerprint density at radius 3 is 2.68 bits per heavy atom. The summed E-state index contributed by atoms with van der Waals surface area (Å²) in [7, 11) is 1.63. The number of rotatable bonds is 7. The summed E-state index contributed by atoms with van der Waals surface area (Å²) in [6, 6.07) is 9.28. The van der Waals surface area contributed by atoms with Crippen LogP contribution in [0.3, 0.4) is 0 Å². The van der Waals surface area contributed by atoms with E-state index in [0.717, 1.165) is 17.7 Å². The van der Waals surface area contributed by atoms with Crippen LogP contribution >= 0.6 is 0 Å². The number of hydrogen-bond acceptors (Lipinski definition) is 5. The number of hydrogen-bond donors (Lipinski definition) is 1. The largest absolute Gasteiger partial charge is 0.497 e. The molecule has 0 radical (unpaired) electrons. The molecule has 0 bridgehead atoms. The third-order valence-corrected chi connectivity index (χ3v) is 3.03. The van der Waals surface area contributed by atoms with Gasteiger partial charge in [-0.1, -0.05) is 12.1 Å². The van der Waals surface area contributed by atoms with Crippen LogP contribution in [-0.2, 0) is 6.42 Å². The van der Waals surface area contributed by atoms with Crippen molar-refractivity contribution in [2.75, 3.05) is 20.3 Å². The fraction of sp³-hybridized carbons (Fsp3) is 0.312. The Hall–Kier alpha value is -2.63. The van der Waals surface area contributed by atoms with E-state index in [1.165, 1.54) is 12.4 Å². The van der Waals surface area contributed by atoms with Crippen molar-refractivity contribution in [1.29, 1.82) is 0 Å². The molecule has 2 aromatic rings. The smallest absolute Gasteiger partial charge is 0.270 e. The predicted octanol–water partition coefficient (Wildman–Crippen LogP) is 1.86. The van der Waals surface area contributed by atoms with Crippen LogP contribution in [0.4, 0.5) is 0 Å². The number of benzene rings is 1. The molecule has 1 aromatic heterocycles. The third kappa shape index (κ3) is 4.44. The van der Waals surface area contributed by atoms with Crippen LogP contribution in [0.25, 0.3) is 0 Å². The van der Waals surface area contributed by atoms with E-state index in [-0.39, 0.29) is 5.91 Å². The van der Waals surface area contributed by atoms with Crippen molar-refractivity contribution in [2.45, 2.75) is 13.3 Å². The summed E-state index contributed by atoms with van der Waals surface area (Å²) in [5, 5.41) is 2.83. The lowest BCUT2D eigenvalue weighted by molar-refractivity contribution is 0.0948. The van der Waals surface area contributed by atoms with Gasteiger partial charge in [0.25, 0.3) is 5.91 Å². The zero-order chi connectivity index (χ0) is 15.8. The molecule has 1 aromatic carbocycles. The van der Waals surface area contributed by atoms with Gasteiger partial charge in [0, 0.05) is 12.6 Å². The second-order valence-electron chi connectivity index (χ2n) is 4.53. The number of carbonyl (C=O) groups excluding carboxylic acids is 1. The summed E-state index contributed by atoms with van der Waals surface area (Å²) >= 11 is 0. The van der Waals surface area contributed by atoms with Crippen LogP contribution in [0, 0.1) is 0 Å². The lowest BCUT2D eigenvalue weighted by Gasteiger charge is -2.07. The number of amides is 1. The van der Waals surface area contributed by atoms with Crippen molar-refractivity contribution in [3.05, 3.63) is 47.9 Å². The predicted molar refractivity (Wildman–Crippen MR) is 82.2 cm³/mol. The molecule has 6 nitrogen and oxygen atoms in total. The highest BCUT2D eigenvalue weighted by Gasteiger charge is 2.08. The number of carbonyl (C=O) groups is 1. The average molecular weight is 301 g/mol. The van der Waals surface area contributed by atoms with Crippen LogP contribution in [0.2, 0.25) is 0 Å². The Morgan fingerprint density at radius 2 is 2.00 bits per heavy atom. The molecule has 0 fully saturated rings. The summed E-state index contributed by atoms with van der Waals surface area (Å²) < 4.78 is 10.4. The first-order chi connectivity index (χ1) is 10.7. The molecule has 22 heavy (non-hydrogen) atoms. The van der Waals surface area contributed by atoms with Gasteiger partial charge >= 0.3 is 0 Å². The monoisotopic (exact) mass is 301 g/mol. The van der Waals surface area contributed by atoms with Crippen LogP contribution in [0.15, 0.2) is 36.7 Å². The molecule has 1 amide bonds. The molecule has 6 heteroatoms. The second-order valence-corrected chi connectivity index (χ2v) is 4.53. The van der Waals surface area contributed by atoms with Gasteiger partial charge in [-0.3, -0.25) is 4.79 Å². The van der Waals surface area contributed by atoms with Crippen molar-refractivity contribution >= 4 is 5.91 Å². The van der Waals surface area contributed by atoms with Gasteiger partial charge in [0.05, 0.1) is 13.7 Å². The number of nitrogens with one attached hydrogen (secondary N) is 1. The molecule has 116 valence electrons. The van der Waals surface area contributed by atoms with Crippen molar-refractivity contribution in [3.8, 4) is 11.6 Å². The molecule has 0 aliphatic rings. The molecule has 0 saturated heterocycles. The fourth-order valence-corrected chi connectivity index (χ4v) is 1.89. The maximum Gasteiger partial charge on any atom is 0.270 e. The van der Waals surface area contributed by atoms with Gasteiger partial charge in [0.15, 0.2) is 0 Å². The van der Waals surface area contributed by atoms with E-state index in [9.17, 15) is 4.79 Å². The van der Waals surface area contributed by atoms with E-state index in [0.29, 0.717) is 24.7 Å². The first-order valence-electron chi connectivity index (χ1n) is 7.09. The fourth-order valence-electron chi connectivity index (χ4n) is 1.89. The number of ether oxygens (including phenoxy) is 2. The minimum Gasteiger partial charge on any atom is -0.497 e. The Balaban J connectivity index is 1.85. The Bertz CT molecular complexity index is 614. The molecule has 0 unspecified atom stereocenters. The summed E-state index contributed by atoms with van der Waals surface area (Å²) in [6.07, 6.45) is 2.06. The second kappa shape index (κ2) is 7.97. The molecule has 2 rings (SSSR count). The van der Waals surface area contributed by atoms with Crippen LogP contribution in [0.1, 0.15) is 23.0 Å². The van der Waals surface area contributed by atoms with Crippen molar-refractivity contribution in [1.82, 2.24) is 15.3 Å². The summed E-state index contributed by atoms with van der Waals surface area (Å²) in [4.78, 5) is 19.9. The number of methoxy groups -OCH3 is 1. The Morgan fingerprint density at radius 1 is 1.23 bits per heavy atom. The molecular formula is C16H19N3O3. The van der Waals surface area contributed by atoms with E-state index in [1.54, 1.807) is 7.11 Å². The molecule has 0 spiro atoms. The zero-order valence-electron chi connectivity index (χ0n) is 12.7. The average Bonchev–Trinajstić information content (AvgIpc) is 2.56. The van der Waals surface area contributed by atoms with Gasteiger partial charge in [-0.05, 0) is 31.0 Å². The summed E-state index contributed by atoms with van der Waals surface area (Å²) in [6.45, 7) is 2.88. The molecule has 0 aliphatic carbocycles. The van der Waals surface area contributed by atoms with Crippen molar-refractivity contribution in [2.24, 2.45) is 0 Å². The highest BCUT2D eigenvalue weighted by Crippen LogP contribution is 2.11. The third-order valence-electron chi connectivity index (χ3n) is 3.03. The van der Waals surface area contributed by atoms with Gasteiger partial charge in [-0.15, -0.1) is 0 Å². The minimum atomic E-state index is -0.239. The van der Waals surface area contributed by atoms with Crippen molar-refractivity contribution < 1.29 is 14.3 Å². The van der Waals surface area contributed by atoms with E-state index < -0.39 is 0 Å². The lowest BCUT2D eigenvalue weighted by atomic mass is 10.1. The first kappa shape index (κ1) is 15.8. The number of nitrogens with zero attached hydrogens (tertiary/aromatic N) is 2. The topological polar surface area (TPSA) is 73.3 Å². The van der Waals surface area contributed by atoms with Gasteiger partial charge < -0.3 is 14.8 Å². The molecule has 1 N–H and O–H groups in total. The van der Waals surface area contributed by atoms with E-state index in [4.69, 9.17) is 9.47 Å². The highest BCUT2D eigenvalue weighted by molar-refractivity contribution is 5.92. The molecule has 0 aliphatic heterocycles. The van der Waals surface area contributed by atoms with Crippen molar-refractivity contribution in [3.63, 3.8) is 0 Å². The van der Waals surface area contributed by atoms with Crippen LogP contribution in [0.5, 0.6) is 11.6 Å². The molecule has 1 heterocycles. The highest BCUT2D eigenvalue weighted by atomic mass is 16.5. The van der Waals surface area contributed by atoms with E-state index in [2.05, 4.69) is 15.3 Å². The Kier molecular flexibility index (Phi) is 5.71. The van der Waals surface area contributed by atoms with E-state index >= 15 is 0 Å². The number of aromatic nitrogens is 2. The normalized spacial score (nSPS) is 10.1. The molecule has 0 saturated carbocycles. The summed E-state index contributed by atoms with van der Waals surface area (Å²) in [5.41, 5.74) is 1.42. The van der Waals surface area contributed by atoms with Crippen LogP contribution in [-0.4, -0.2) is 36.1 Å². The maximum atomic E-state index is 12.0. The van der Waals surface area contributed by atoms with Gasteiger partial charge in [0.2, 0.25) is 5.88 Å².